The van der Waals surface area contributed by atoms with Crippen LogP contribution in [0.2, 0.25) is 0 Å². The monoisotopic (exact) mass is 376 g/mol. The lowest BCUT2D eigenvalue weighted by molar-refractivity contribution is 0.139. The maximum atomic E-state index is 11.6. The van der Waals surface area contributed by atoms with Crippen LogP contribution in [-0.2, 0) is 11.3 Å². The molecular formula is C23H40N2O2. The van der Waals surface area contributed by atoms with E-state index in [4.69, 9.17) is 4.74 Å². The highest BCUT2D eigenvalue weighted by molar-refractivity contribution is 5.67. The molecule has 0 radical (unpaired) electrons. The van der Waals surface area contributed by atoms with Gasteiger partial charge in [-0.1, -0.05) is 75.3 Å². The summed E-state index contributed by atoms with van der Waals surface area (Å²) in [5.41, 5.74) is 1.26. The number of nitrogens with one attached hydrogen (secondary N) is 2. The first-order valence-corrected chi connectivity index (χ1v) is 10.7. The third-order valence-corrected chi connectivity index (χ3v) is 4.49. The van der Waals surface area contributed by atoms with Gasteiger partial charge in [-0.05, 0) is 45.7 Å². The van der Waals surface area contributed by atoms with Gasteiger partial charge in [0.15, 0.2) is 0 Å². The average Bonchev–Trinajstić information content (AvgIpc) is 2.63. The van der Waals surface area contributed by atoms with Crippen molar-refractivity contribution in [3.8, 4) is 0 Å². The summed E-state index contributed by atoms with van der Waals surface area (Å²) in [5.74, 6) is 0. The summed E-state index contributed by atoms with van der Waals surface area (Å²) < 4.78 is 5.19. The standard InChI is InChI=1S/C23H40N2O2/c1-23(2,3)25-19-15-10-8-6-4-5-7-9-14-18-24-22(26)27-20-21-16-12-11-13-17-21/h11-13,16-17,25H,4-10,14-15,18-20H2,1-3H3,(H,24,26). The predicted octanol–water partition coefficient (Wildman–Crippen LogP) is 5.81. The Hall–Kier alpha value is -1.55. The molecule has 1 aromatic rings. The number of benzene rings is 1. The number of amides is 1. The summed E-state index contributed by atoms with van der Waals surface area (Å²) in [6.07, 6.45) is 11.1. The molecule has 0 spiro atoms. The van der Waals surface area contributed by atoms with Crippen molar-refractivity contribution < 1.29 is 9.53 Å². The second-order valence-corrected chi connectivity index (χ2v) is 8.35. The smallest absolute Gasteiger partial charge is 0.407 e. The summed E-state index contributed by atoms with van der Waals surface area (Å²) in [4.78, 5) is 11.6. The summed E-state index contributed by atoms with van der Waals surface area (Å²) in [6, 6.07) is 9.75. The topological polar surface area (TPSA) is 50.4 Å². The molecule has 0 aliphatic carbocycles. The van der Waals surface area contributed by atoms with E-state index in [1.54, 1.807) is 0 Å². The average molecular weight is 377 g/mol. The Kier molecular flexibility index (Phi) is 12.6. The second-order valence-electron chi connectivity index (χ2n) is 8.35. The Morgan fingerprint density at radius 3 is 1.89 bits per heavy atom. The van der Waals surface area contributed by atoms with Gasteiger partial charge >= 0.3 is 6.09 Å². The van der Waals surface area contributed by atoms with Crippen molar-refractivity contribution in [3.05, 3.63) is 35.9 Å². The molecule has 0 saturated carbocycles. The normalized spacial score (nSPS) is 11.4. The van der Waals surface area contributed by atoms with Gasteiger partial charge < -0.3 is 15.4 Å². The number of unbranched alkanes of at least 4 members (excludes halogenated alkanes) is 8. The van der Waals surface area contributed by atoms with Crippen molar-refractivity contribution in [2.45, 2.75) is 90.7 Å². The summed E-state index contributed by atoms with van der Waals surface area (Å²) in [5, 5.41) is 6.36. The van der Waals surface area contributed by atoms with Crippen molar-refractivity contribution >= 4 is 6.09 Å². The lowest BCUT2D eigenvalue weighted by Gasteiger charge is -2.20. The van der Waals surface area contributed by atoms with Gasteiger partial charge in [0, 0.05) is 12.1 Å². The van der Waals surface area contributed by atoms with Crippen LogP contribution < -0.4 is 10.6 Å². The fourth-order valence-electron chi connectivity index (χ4n) is 2.92. The largest absolute Gasteiger partial charge is 0.445 e. The molecule has 27 heavy (non-hydrogen) atoms. The predicted molar refractivity (Wildman–Crippen MR) is 114 cm³/mol. The number of hydrogen-bond acceptors (Lipinski definition) is 3. The molecule has 2 N–H and O–H groups in total. The van der Waals surface area contributed by atoms with E-state index in [2.05, 4.69) is 31.4 Å². The van der Waals surface area contributed by atoms with Crippen LogP contribution in [0.15, 0.2) is 30.3 Å². The van der Waals surface area contributed by atoms with Gasteiger partial charge in [-0.25, -0.2) is 4.79 Å². The molecule has 1 amide bonds. The Morgan fingerprint density at radius 1 is 0.815 bits per heavy atom. The molecule has 0 aliphatic rings. The zero-order valence-electron chi connectivity index (χ0n) is 17.7. The molecule has 0 bridgehead atoms. The Morgan fingerprint density at radius 2 is 1.33 bits per heavy atom. The molecule has 0 unspecified atom stereocenters. The number of ether oxygens (including phenoxy) is 1. The molecule has 0 atom stereocenters. The fourth-order valence-corrected chi connectivity index (χ4v) is 2.92. The van der Waals surface area contributed by atoms with Gasteiger partial charge in [0.2, 0.25) is 0 Å². The molecule has 154 valence electrons. The van der Waals surface area contributed by atoms with Gasteiger partial charge in [0.1, 0.15) is 6.61 Å². The highest BCUT2D eigenvalue weighted by atomic mass is 16.5. The fraction of sp³-hybridized carbons (Fsp3) is 0.696. The molecule has 0 aromatic heterocycles. The number of carbonyl (C=O) groups is 1. The highest BCUT2D eigenvalue weighted by Crippen LogP contribution is 2.10. The minimum Gasteiger partial charge on any atom is -0.445 e. The van der Waals surface area contributed by atoms with E-state index in [9.17, 15) is 4.79 Å². The first kappa shape index (κ1) is 23.5. The Balaban J connectivity index is 1.80. The number of rotatable bonds is 14. The number of hydrogen-bond donors (Lipinski definition) is 2. The van der Waals surface area contributed by atoms with Gasteiger partial charge in [0.05, 0.1) is 0 Å². The van der Waals surface area contributed by atoms with E-state index < -0.39 is 0 Å². The first-order valence-electron chi connectivity index (χ1n) is 10.7. The van der Waals surface area contributed by atoms with E-state index >= 15 is 0 Å². The lowest BCUT2D eigenvalue weighted by Crippen LogP contribution is -2.36. The summed E-state index contributed by atoms with van der Waals surface area (Å²) >= 11 is 0. The number of alkyl carbamates (subject to hydrolysis) is 1. The van der Waals surface area contributed by atoms with Crippen LogP contribution in [-0.4, -0.2) is 24.7 Å². The van der Waals surface area contributed by atoms with Crippen LogP contribution in [0.5, 0.6) is 0 Å². The molecule has 0 saturated heterocycles. The van der Waals surface area contributed by atoms with Gasteiger partial charge in [-0.15, -0.1) is 0 Å². The number of carbonyl (C=O) groups excluding carboxylic acids is 1. The van der Waals surface area contributed by atoms with Crippen LogP contribution in [0.25, 0.3) is 0 Å². The molecular weight excluding hydrogens is 336 g/mol. The van der Waals surface area contributed by atoms with Crippen molar-refractivity contribution in [3.63, 3.8) is 0 Å². The minimum absolute atomic E-state index is 0.244. The molecule has 0 aliphatic heterocycles. The Bertz CT molecular complexity index is 483. The van der Waals surface area contributed by atoms with Crippen LogP contribution >= 0.6 is 0 Å². The van der Waals surface area contributed by atoms with Crippen molar-refractivity contribution in [1.82, 2.24) is 10.6 Å². The van der Waals surface area contributed by atoms with Gasteiger partial charge in [0.25, 0.3) is 0 Å². The SMILES string of the molecule is CC(C)(C)NCCCCCCCCCCCNC(=O)OCc1ccccc1. The molecule has 4 nitrogen and oxygen atoms in total. The summed E-state index contributed by atoms with van der Waals surface area (Å²) in [7, 11) is 0. The summed E-state index contributed by atoms with van der Waals surface area (Å²) in [6.45, 7) is 8.82. The van der Waals surface area contributed by atoms with E-state index in [0.29, 0.717) is 13.2 Å². The van der Waals surface area contributed by atoms with E-state index in [1.165, 1.54) is 51.4 Å². The third kappa shape index (κ3) is 15.2. The third-order valence-electron chi connectivity index (χ3n) is 4.49. The van der Waals surface area contributed by atoms with Gasteiger partial charge in [-0.3, -0.25) is 0 Å². The first-order chi connectivity index (χ1) is 13.0. The zero-order chi connectivity index (χ0) is 19.8. The van der Waals surface area contributed by atoms with E-state index in [-0.39, 0.29) is 11.6 Å². The van der Waals surface area contributed by atoms with Crippen LogP contribution in [0, 0.1) is 0 Å². The molecule has 1 rings (SSSR count). The highest BCUT2D eigenvalue weighted by Gasteiger charge is 2.06. The quantitative estimate of drug-likeness (QED) is 0.403. The molecule has 0 heterocycles. The van der Waals surface area contributed by atoms with Crippen LogP contribution in [0.4, 0.5) is 4.79 Å². The van der Waals surface area contributed by atoms with E-state index in [0.717, 1.165) is 18.5 Å². The lowest BCUT2D eigenvalue weighted by atomic mass is 10.1. The molecule has 1 aromatic carbocycles. The molecule has 4 heteroatoms. The van der Waals surface area contributed by atoms with Crippen molar-refractivity contribution in [1.29, 1.82) is 0 Å². The van der Waals surface area contributed by atoms with Crippen molar-refractivity contribution in [2.75, 3.05) is 13.1 Å². The van der Waals surface area contributed by atoms with Gasteiger partial charge in [-0.2, -0.15) is 0 Å². The van der Waals surface area contributed by atoms with E-state index in [1.807, 2.05) is 30.3 Å². The van der Waals surface area contributed by atoms with Crippen LogP contribution in [0.1, 0.15) is 84.1 Å². The zero-order valence-corrected chi connectivity index (χ0v) is 17.7. The maximum absolute atomic E-state index is 11.6. The van der Waals surface area contributed by atoms with Crippen LogP contribution in [0.3, 0.4) is 0 Å². The molecule has 0 fully saturated rings. The maximum Gasteiger partial charge on any atom is 0.407 e. The Labute approximate surface area is 166 Å². The minimum atomic E-state index is -0.320. The van der Waals surface area contributed by atoms with Crippen molar-refractivity contribution in [2.24, 2.45) is 0 Å². The second kappa shape index (κ2) is 14.5.